The highest BCUT2D eigenvalue weighted by Gasteiger charge is 2.11. The fourth-order valence-electron chi connectivity index (χ4n) is 2.26. The van der Waals surface area contributed by atoms with Crippen LogP contribution in [-0.4, -0.2) is 12.6 Å². The first-order valence-corrected chi connectivity index (χ1v) is 5.92. The number of hydrogen-bond acceptors (Lipinski definition) is 2. The van der Waals surface area contributed by atoms with Gasteiger partial charge in [0.05, 0.1) is 0 Å². The minimum atomic E-state index is 0.722. The Labute approximate surface area is 91.9 Å². The van der Waals surface area contributed by atoms with Crippen molar-refractivity contribution in [3.05, 3.63) is 29.8 Å². The second kappa shape index (κ2) is 5.17. The Morgan fingerprint density at radius 2 is 2.27 bits per heavy atom. The monoisotopic (exact) mass is 204 g/mol. The Balaban J connectivity index is 1.81. The summed E-state index contributed by atoms with van der Waals surface area (Å²) in [6.45, 7) is 1.20. The Kier molecular flexibility index (Phi) is 3.62. The summed E-state index contributed by atoms with van der Waals surface area (Å²) in [5, 5.41) is 3.57. The van der Waals surface area contributed by atoms with E-state index < -0.39 is 0 Å². The van der Waals surface area contributed by atoms with Gasteiger partial charge < -0.3 is 11.1 Å². The van der Waals surface area contributed by atoms with Crippen molar-refractivity contribution in [3.63, 3.8) is 0 Å². The van der Waals surface area contributed by atoms with E-state index in [1.54, 1.807) is 0 Å². The van der Waals surface area contributed by atoms with Gasteiger partial charge >= 0.3 is 0 Å². The maximum absolute atomic E-state index is 5.75. The van der Waals surface area contributed by atoms with Crippen LogP contribution in [0, 0.1) is 0 Å². The van der Waals surface area contributed by atoms with Gasteiger partial charge in [0.2, 0.25) is 0 Å². The molecule has 0 bridgehead atoms. The zero-order chi connectivity index (χ0) is 10.5. The molecule has 0 aromatic heterocycles. The standard InChI is InChI=1S/C13H20N2/c14-12-5-3-4-11(10-12)7-8-13-6-1-2-9-15-13/h3-5,10,13,15H,1-2,6-9,14H2. The molecule has 0 saturated carbocycles. The largest absolute Gasteiger partial charge is 0.399 e. The van der Waals surface area contributed by atoms with E-state index in [0.29, 0.717) is 0 Å². The van der Waals surface area contributed by atoms with E-state index in [-0.39, 0.29) is 0 Å². The van der Waals surface area contributed by atoms with Crippen LogP contribution in [0.15, 0.2) is 24.3 Å². The van der Waals surface area contributed by atoms with Crippen LogP contribution in [-0.2, 0) is 6.42 Å². The molecule has 2 rings (SSSR count). The van der Waals surface area contributed by atoms with Gasteiger partial charge in [-0.25, -0.2) is 0 Å². The minimum Gasteiger partial charge on any atom is -0.399 e. The summed E-state index contributed by atoms with van der Waals surface area (Å²) >= 11 is 0. The zero-order valence-electron chi connectivity index (χ0n) is 9.21. The molecule has 0 amide bonds. The van der Waals surface area contributed by atoms with Crippen LogP contribution in [0.4, 0.5) is 5.69 Å². The highest BCUT2D eigenvalue weighted by Crippen LogP contribution is 2.14. The van der Waals surface area contributed by atoms with E-state index >= 15 is 0 Å². The molecule has 1 aliphatic rings. The number of aryl methyl sites for hydroxylation is 1. The highest BCUT2D eigenvalue weighted by molar-refractivity contribution is 5.40. The second-order valence-electron chi connectivity index (χ2n) is 4.43. The van der Waals surface area contributed by atoms with Gasteiger partial charge in [-0.1, -0.05) is 18.6 Å². The number of nitrogens with two attached hydrogens (primary N) is 1. The average molecular weight is 204 g/mol. The lowest BCUT2D eigenvalue weighted by Crippen LogP contribution is -2.34. The molecule has 1 aromatic carbocycles. The Bertz CT molecular complexity index is 303. The van der Waals surface area contributed by atoms with Gasteiger partial charge in [0.25, 0.3) is 0 Å². The molecule has 0 aliphatic carbocycles. The zero-order valence-corrected chi connectivity index (χ0v) is 9.21. The molecule has 1 fully saturated rings. The molecule has 1 saturated heterocycles. The number of rotatable bonds is 3. The normalized spacial score (nSPS) is 21.5. The third-order valence-electron chi connectivity index (χ3n) is 3.14. The van der Waals surface area contributed by atoms with Crippen molar-refractivity contribution >= 4 is 5.69 Å². The SMILES string of the molecule is Nc1cccc(CCC2CCCCN2)c1. The summed E-state index contributed by atoms with van der Waals surface area (Å²) in [6.07, 6.45) is 6.44. The molecule has 15 heavy (non-hydrogen) atoms. The summed E-state index contributed by atoms with van der Waals surface area (Å²) in [5.41, 5.74) is 7.99. The first-order valence-electron chi connectivity index (χ1n) is 5.92. The van der Waals surface area contributed by atoms with Crippen molar-refractivity contribution in [2.75, 3.05) is 12.3 Å². The quantitative estimate of drug-likeness (QED) is 0.742. The third kappa shape index (κ3) is 3.24. The summed E-state index contributed by atoms with van der Waals surface area (Å²) in [4.78, 5) is 0. The van der Waals surface area contributed by atoms with E-state index in [9.17, 15) is 0 Å². The van der Waals surface area contributed by atoms with Gasteiger partial charge in [-0.15, -0.1) is 0 Å². The summed E-state index contributed by atoms with van der Waals surface area (Å²) in [6, 6.07) is 8.96. The lowest BCUT2D eigenvalue weighted by Gasteiger charge is -2.23. The molecule has 82 valence electrons. The number of nitrogens with one attached hydrogen (secondary N) is 1. The van der Waals surface area contributed by atoms with Crippen molar-refractivity contribution in [2.24, 2.45) is 0 Å². The van der Waals surface area contributed by atoms with Gasteiger partial charge in [-0.3, -0.25) is 0 Å². The van der Waals surface area contributed by atoms with Crippen LogP contribution in [0.2, 0.25) is 0 Å². The number of hydrogen-bond donors (Lipinski definition) is 2. The third-order valence-corrected chi connectivity index (χ3v) is 3.14. The molecule has 1 heterocycles. The second-order valence-corrected chi connectivity index (χ2v) is 4.43. The van der Waals surface area contributed by atoms with Gasteiger partial charge in [0.1, 0.15) is 0 Å². The Morgan fingerprint density at radius 1 is 1.33 bits per heavy atom. The highest BCUT2D eigenvalue weighted by atomic mass is 14.9. The number of benzene rings is 1. The van der Waals surface area contributed by atoms with Gasteiger partial charge in [-0.05, 0) is 49.9 Å². The molecule has 0 radical (unpaired) electrons. The number of nitrogen functional groups attached to an aromatic ring is 1. The van der Waals surface area contributed by atoms with E-state index in [0.717, 1.165) is 18.2 Å². The van der Waals surface area contributed by atoms with E-state index in [1.807, 2.05) is 12.1 Å². The predicted molar refractivity (Wildman–Crippen MR) is 64.8 cm³/mol. The van der Waals surface area contributed by atoms with Crippen molar-refractivity contribution in [1.82, 2.24) is 5.32 Å². The molecular weight excluding hydrogens is 184 g/mol. The van der Waals surface area contributed by atoms with Crippen LogP contribution in [0.25, 0.3) is 0 Å². The van der Waals surface area contributed by atoms with Gasteiger partial charge in [0.15, 0.2) is 0 Å². The molecule has 1 atom stereocenters. The molecule has 1 unspecified atom stereocenters. The van der Waals surface area contributed by atoms with Gasteiger partial charge in [0, 0.05) is 11.7 Å². The topological polar surface area (TPSA) is 38.0 Å². The number of anilines is 1. The van der Waals surface area contributed by atoms with Crippen molar-refractivity contribution in [2.45, 2.75) is 38.1 Å². The first kappa shape index (κ1) is 10.5. The van der Waals surface area contributed by atoms with Crippen molar-refractivity contribution in [3.8, 4) is 0 Å². The Hall–Kier alpha value is -1.02. The molecular formula is C13H20N2. The fraction of sp³-hybridized carbons (Fsp3) is 0.538. The molecule has 2 nitrogen and oxygen atoms in total. The van der Waals surface area contributed by atoms with Crippen molar-refractivity contribution < 1.29 is 0 Å². The number of piperidine rings is 1. The molecule has 3 N–H and O–H groups in total. The molecule has 2 heteroatoms. The lowest BCUT2D eigenvalue weighted by molar-refractivity contribution is 0.383. The van der Waals surface area contributed by atoms with Gasteiger partial charge in [-0.2, -0.15) is 0 Å². The lowest BCUT2D eigenvalue weighted by atomic mass is 9.98. The van der Waals surface area contributed by atoms with Crippen LogP contribution < -0.4 is 11.1 Å². The van der Waals surface area contributed by atoms with E-state index in [2.05, 4.69) is 17.4 Å². The first-order chi connectivity index (χ1) is 7.34. The van der Waals surface area contributed by atoms with Crippen LogP contribution >= 0.6 is 0 Å². The smallest absolute Gasteiger partial charge is 0.0316 e. The van der Waals surface area contributed by atoms with E-state index in [1.165, 1.54) is 37.8 Å². The van der Waals surface area contributed by atoms with Crippen LogP contribution in [0.1, 0.15) is 31.2 Å². The molecule has 0 spiro atoms. The van der Waals surface area contributed by atoms with Crippen LogP contribution in [0.5, 0.6) is 0 Å². The Morgan fingerprint density at radius 3 is 3.00 bits per heavy atom. The van der Waals surface area contributed by atoms with E-state index in [4.69, 9.17) is 5.73 Å². The minimum absolute atomic E-state index is 0.722. The van der Waals surface area contributed by atoms with Crippen molar-refractivity contribution in [1.29, 1.82) is 0 Å². The molecule has 1 aliphatic heterocycles. The average Bonchev–Trinajstić information content (AvgIpc) is 2.28. The predicted octanol–water partition coefficient (Wildman–Crippen LogP) is 2.34. The summed E-state index contributed by atoms with van der Waals surface area (Å²) < 4.78 is 0. The maximum Gasteiger partial charge on any atom is 0.0316 e. The van der Waals surface area contributed by atoms with Crippen LogP contribution in [0.3, 0.4) is 0 Å². The summed E-state index contributed by atoms with van der Waals surface area (Å²) in [7, 11) is 0. The molecule has 1 aromatic rings. The fourth-order valence-corrected chi connectivity index (χ4v) is 2.26. The maximum atomic E-state index is 5.75. The summed E-state index contributed by atoms with van der Waals surface area (Å²) in [5.74, 6) is 0.